The molecule has 0 bridgehead atoms. The van der Waals surface area contributed by atoms with Crippen LogP contribution in [-0.2, 0) is 11.3 Å². The number of nitrogens with one attached hydrogen (secondary N) is 3. The van der Waals surface area contributed by atoms with E-state index in [1.165, 1.54) is 38.8 Å². The lowest BCUT2D eigenvalue weighted by Crippen LogP contribution is -2.38. The molecule has 2 saturated heterocycles. The average molecular weight is 558 g/mol. The molecule has 0 radical (unpaired) electrons. The third kappa shape index (κ3) is 9.62. The van der Waals surface area contributed by atoms with Crippen LogP contribution in [0.5, 0.6) is 0 Å². The van der Waals surface area contributed by atoms with Crippen molar-refractivity contribution >= 4 is 35.8 Å². The highest BCUT2D eigenvalue weighted by Crippen LogP contribution is 2.12. The van der Waals surface area contributed by atoms with E-state index in [0.717, 1.165) is 50.5 Å². The zero-order chi connectivity index (χ0) is 21.7. The second-order valence-electron chi connectivity index (χ2n) is 8.51. The number of ether oxygens (including phenoxy) is 1. The van der Waals surface area contributed by atoms with Crippen molar-refractivity contribution in [3.05, 3.63) is 35.4 Å². The van der Waals surface area contributed by atoms with Crippen LogP contribution >= 0.6 is 24.0 Å². The van der Waals surface area contributed by atoms with Gasteiger partial charge in [-0.3, -0.25) is 9.79 Å². The number of halogens is 1. The summed E-state index contributed by atoms with van der Waals surface area (Å²) in [5.74, 6) is 0.748. The van der Waals surface area contributed by atoms with E-state index in [1.54, 1.807) is 7.05 Å². The molecule has 3 N–H and O–H groups in total. The first-order chi connectivity index (χ1) is 15.2. The number of carbonyl (C=O) groups is 1. The molecule has 1 atom stereocenters. The largest absolute Gasteiger partial charge is 0.376 e. The Morgan fingerprint density at radius 2 is 1.94 bits per heavy atom. The van der Waals surface area contributed by atoms with E-state index >= 15 is 0 Å². The first-order valence-electron chi connectivity index (χ1n) is 11.9. The zero-order valence-electron chi connectivity index (χ0n) is 19.4. The number of aliphatic imine (C=N–C) groups is 1. The molecule has 1 aromatic rings. The van der Waals surface area contributed by atoms with Gasteiger partial charge in [0.2, 0.25) is 0 Å². The number of guanidine groups is 1. The first-order valence-corrected chi connectivity index (χ1v) is 11.9. The molecule has 3 rings (SSSR count). The second-order valence-corrected chi connectivity index (χ2v) is 8.51. The Labute approximate surface area is 210 Å². The SMILES string of the molecule is CN=C(NCCCN1CCCCCC1)NCc1cccc(C(=O)NCC2CCCO2)c1.I. The molecule has 0 aromatic heterocycles. The Morgan fingerprint density at radius 3 is 2.66 bits per heavy atom. The lowest BCUT2D eigenvalue weighted by molar-refractivity contribution is 0.0857. The van der Waals surface area contributed by atoms with Crippen molar-refractivity contribution in [3.8, 4) is 0 Å². The summed E-state index contributed by atoms with van der Waals surface area (Å²) in [5.41, 5.74) is 1.73. The minimum Gasteiger partial charge on any atom is -0.376 e. The van der Waals surface area contributed by atoms with Gasteiger partial charge in [0.05, 0.1) is 6.10 Å². The number of likely N-dealkylation sites (tertiary alicyclic amines) is 1. The monoisotopic (exact) mass is 557 g/mol. The Bertz CT molecular complexity index is 701. The van der Waals surface area contributed by atoms with Gasteiger partial charge in [-0.05, 0) is 69.4 Å². The smallest absolute Gasteiger partial charge is 0.251 e. The number of benzene rings is 1. The molecule has 1 aromatic carbocycles. The summed E-state index contributed by atoms with van der Waals surface area (Å²) < 4.78 is 5.57. The normalized spacial score (nSPS) is 19.7. The van der Waals surface area contributed by atoms with Gasteiger partial charge >= 0.3 is 0 Å². The molecular formula is C24H40IN5O2. The van der Waals surface area contributed by atoms with Crippen molar-refractivity contribution in [1.82, 2.24) is 20.9 Å². The molecule has 1 amide bonds. The summed E-state index contributed by atoms with van der Waals surface area (Å²) in [6.45, 7) is 6.54. The number of carbonyl (C=O) groups excluding carboxylic acids is 1. The third-order valence-electron chi connectivity index (χ3n) is 6.03. The van der Waals surface area contributed by atoms with Crippen molar-refractivity contribution in [2.75, 3.05) is 46.4 Å². The lowest BCUT2D eigenvalue weighted by Gasteiger charge is -2.20. The highest BCUT2D eigenvalue weighted by atomic mass is 127. The zero-order valence-corrected chi connectivity index (χ0v) is 21.7. The van der Waals surface area contributed by atoms with E-state index in [0.29, 0.717) is 18.7 Å². The summed E-state index contributed by atoms with van der Waals surface area (Å²) in [6, 6.07) is 7.74. The van der Waals surface area contributed by atoms with Crippen molar-refractivity contribution in [2.24, 2.45) is 4.99 Å². The van der Waals surface area contributed by atoms with Gasteiger partial charge in [0.25, 0.3) is 5.91 Å². The van der Waals surface area contributed by atoms with Crippen LogP contribution in [-0.4, -0.2) is 69.2 Å². The van der Waals surface area contributed by atoms with Crippen LogP contribution < -0.4 is 16.0 Å². The van der Waals surface area contributed by atoms with Crippen LogP contribution in [0.3, 0.4) is 0 Å². The molecule has 2 aliphatic rings. The summed E-state index contributed by atoms with van der Waals surface area (Å²) in [6.07, 6.45) is 8.80. The molecule has 0 aliphatic carbocycles. The fraction of sp³-hybridized carbons (Fsp3) is 0.667. The standard InChI is InChI=1S/C24H39N5O2.HI/c1-25-24(26-12-8-15-29-13-4-2-3-5-14-29)28-18-20-9-6-10-21(17-20)23(30)27-19-22-11-7-16-31-22;/h6,9-10,17,22H,2-5,7-8,11-16,18-19H2,1H3,(H,27,30)(H2,25,26,28);1H. The predicted octanol–water partition coefficient (Wildman–Crippen LogP) is 3.14. The minimum absolute atomic E-state index is 0. The number of rotatable bonds is 9. The summed E-state index contributed by atoms with van der Waals surface area (Å²) in [5, 5.41) is 9.74. The molecule has 32 heavy (non-hydrogen) atoms. The van der Waals surface area contributed by atoms with E-state index < -0.39 is 0 Å². The molecule has 7 nitrogen and oxygen atoms in total. The Kier molecular flexibility index (Phi) is 13.0. The van der Waals surface area contributed by atoms with Crippen LogP contribution in [0.25, 0.3) is 0 Å². The van der Waals surface area contributed by atoms with Crippen molar-refractivity contribution in [1.29, 1.82) is 0 Å². The maximum Gasteiger partial charge on any atom is 0.251 e. The third-order valence-corrected chi connectivity index (χ3v) is 6.03. The van der Waals surface area contributed by atoms with E-state index in [1.807, 2.05) is 24.3 Å². The van der Waals surface area contributed by atoms with Crippen LogP contribution in [0.15, 0.2) is 29.3 Å². The fourth-order valence-electron chi connectivity index (χ4n) is 4.21. The number of amides is 1. The van der Waals surface area contributed by atoms with Crippen LogP contribution in [0.4, 0.5) is 0 Å². The molecule has 1 unspecified atom stereocenters. The molecule has 2 heterocycles. The van der Waals surface area contributed by atoms with E-state index in [-0.39, 0.29) is 36.0 Å². The van der Waals surface area contributed by atoms with Gasteiger partial charge in [0.1, 0.15) is 0 Å². The summed E-state index contributed by atoms with van der Waals surface area (Å²) >= 11 is 0. The molecule has 2 aliphatic heterocycles. The average Bonchev–Trinajstić information content (AvgIpc) is 3.19. The number of hydrogen-bond acceptors (Lipinski definition) is 4. The topological polar surface area (TPSA) is 78.0 Å². The maximum atomic E-state index is 12.4. The van der Waals surface area contributed by atoms with Gasteiger partial charge in [0, 0.05) is 38.9 Å². The molecule has 180 valence electrons. The van der Waals surface area contributed by atoms with Crippen LogP contribution in [0, 0.1) is 0 Å². The van der Waals surface area contributed by atoms with E-state index in [9.17, 15) is 4.79 Å². The minimum atomic E-state index is -0.0478. The van der Waals surface area contributed by atoms with Crippen molar-refractivity contribution in [3.63, 3.8) is 0 Å². The van der Waals surface area contributed by atoms with Crippen molar-refractivity contribution < 1.29 is 9.53 Å². The molecule has 8 heteroatoms. The van der Waals surface area contributed by atoms with E-state index in [4.69, 9.17) is 4.74 Å². The maximum absolute atomic E-state index is 12.4. The van der Waals surface area contributed by atoms with Gasteiger partial charge in [-0.1, -0.05) is 25.0 Å². The number of hydrogen-bond donors (Lipinski definition) is 3. The highest BCUT2D eigenvalue weighted by Gasteiger charge is 2.16. The van der Waals surface area contributed by atoms with Gasteiger partial charge in [0.15, 0.2) is 5.96 Å². The molecule has 0 spiro atoms. The second kappa shape index (κ2) is 15.4. The fourth-order valence-corrected chi connectivity index (χ4v) is 4.21. The molecule has 0 saturated carbocycles. The van der Waals surface area contributed by atoms with E-state index in [2.05, 4.69) is 25.8 Å². The Hall–Kier alpha value is -1.39. The van der Waals surface area contributed by atoms with Crippen LogP contribution in [0.1, 0.15) is 60.9 Å². The molecule has 2 fully saturated rings. The molecular weight excluding hydrogens is 517 g/mol. The first kappa shape index (κ1) is 26.9. The summed E-state index contributed by atoms with van der Waals surface area (Å²) in [4.78, 5) is 19.4. The van der Waals surface area contributed by atoms with Gasteiger partial charge in [-0.2, -0.15) is 0 Å². The van der Waals surface area contributed by atoms with Crippen molar-refractivity contribution in [2.45, 2.75) is 57.6 Å². The predicted molar refractivity (Wildman–Crippen MR) is 141 cm³/mol. The Balaban J connectivity index is 0.00000363. The quantitative estimate of drug-likeness (QED) is 0.188. The lowest BCUT2D eigenvalue weighted by atomic mass is 10.1. The highest BCUT2D eigenvalue weighted by molar-refractivity contribution is 14.0. The van der Waals surface area contributed by atoms with Gasteiger partial charge in [-0.25, -0.2) is 0 Å². The van der Waals surface area contributed by atoms with Gasteiger partial charge in [-0.15, -0.1) is 24.0 Å². The van der Waals surface area contributed by atoms with Gasteiger partial charge < -0.3 is 25.6 Å². The number of nitrogens with zero attached hydrogens (tertiary/aromatic N) is 2. The van der Waals surface area contributed by atoms with Crippen LogP contribution in [0.2, 0.25) is 0 Å². The Morgan fingerprint density at radius 1 is 1.12 bits per heavy atom. The summed E-state index contributed by atoms with van der Waals surface area (Å²) in [7, 11) is 1.79.